The van der Waals surface area contributed by atoms with Gasteiger partial charge in [-0.3, -0.25) is 0 Å². The summed E-state index contributed by atoms with van der Waals surface area (Å²) in [5, 5.41) is 0.151. The summed E-state index contributed by atoms with van der Waals surface area (Å²) in [6.07, 6.45) is 3.97. The number of nitrogens with zero attached hydrogens (tertiary/aromatic N) is 4. The lowest BCUT2D eigenvalue weighted by Gasteiger charge is -2.01. The SMILES string of the molecule is Fc1cnc(Sc2ccccc2)nc1.O=S(=O)(c1ccccc1)c1ncc(F)cn1. The van der Waals surface area contributed by atoms with Crippen molar-refractivity contribution in [2.24, 2.45) is 0 Å². The van der Waals surface area contributed by atoms with Crippen LogP contribution in [0.4, 0.5) is 8.78 Å². The van der Waals surface area contributed by atoms with E-state index in [1.807, 2.05) is 30.3 Å². The number of benzene rings is 2. The van der Waals surface area contributed by atoms with E-state index in [2.05, 4.69) is 19.9 Å². The molecule has 0 atom stereocenters. The molecule has 0 radical (unpaired) electrons. The van der Waals surface area contributed by atoms with Crippen molar-refractivity contribution in [3.8, 4) is 0 Å². The molecule has 0 fully saturated rings. The van der Waals surface area contributed by atoms with E-state index in [1.54, 1.807) is 18.2 Å². The molecule has 0 aliphatic rings. The first-order chi connectivity index (χ1) is 14.4. The topological polar surface area (TPSA) is 85.7 Å². The van der Waals surface area contributed by atoms with Gasteiger partial charge in [-0.05, 0) is 36.0 Å². The largest absolute Gasteiger partial charge is 0.252 e. The Kier molecular flexibility index (Phi) is 7.15. The Hall–Kier alpha value is -3.24. The van der Waals surface area contributed by atoms with Gasteiger partial charge in [-0.15, -0.1) is 0 Å². The summed E-state index contributed by atoms with van der Waals surface area (Å²) in [6, 6.07) is 17.5. The maximum Gasteiger partial charge on any atom is 0.252 e. The van der Waals surface area contributed by atoms with Gasteiger partial charge in [-0.2, -0.15) is 0 Å². The zero-order valence-corrected chi connectivity index (χ0v) is 16.9. The normalized spacial score (nSPS) is 10.7. The quantitative estimate of drug-likeness (QED) is 0.436. The Morgan fingerprint density at radius 3 is 1.67 bits per heavy atom. The summed E-state index contributed by atoms with van der Waals surface area (Å²) in [6.45, 7) is 0. The molecule has 10 heteroatoms. The second kappa shape index (κ2) is 9.99. The molecular formula is C20H14F2N4O2S2. The molecule has 152 valence electrons. The number of halogens is 2. The van der Waals surface area contributed by atoms with Gasteiger partial charge in [-0.25, -0.2) is 37.1 Å². The fourth-order valence-electron chi connectivity index (χ4n) is 2.09. The minimum absolute atomic E-state index is 0.0848. The van der Waals surface area contributed by atoms with Gasteiger partial charge in [-0.1, -0.05) is 36.4 Å². The first-order valence-electron chi connectivity index (χ1n) is 8.43. The van der Waals surface area contributed by atoms with Crippen LogP contribution in [0.2, 0.25) is 0 Å². The van der Waals surface area contributed by atoms with Crippen molar-refractivity contribution in [1.82, 2.24) is 19.9 Å². The number of hydrogen-bond acceptors (Lipinski definition) is 7. The van der Waals surface area contributed by atoms with Crippen LogP contribution in [0.3, 0.4) is 0 Å². The lowest BCUT2D eigenvalue weighted by atomic mass is 10.4. The van der Waals surface area contributed by atoms with E-state index in [0.29, 0.717) is 5.16 Å². The average molecular weight is 444 g/mol. The molecule has 2 aromatic carbocycles. The van der Waals surface area contributed by atoms with Crippen LogP contribution < -0.4 is 0 Å². The van der Waals surface area contributed by atoms with E-state index >= 15 is 0 Å². The number of sulfone groups is 1. The zero-order valence-electron chi connectivity index (χ0n) is 15.3. The van der Waals surface area contributed by atoms with E-state index in [0.717, 1.165) is 29.7 Å². The van der Waals surface area contributed by atoms with E-state index in [1.165, 1.54) is 23.9 Å². The summed E-state index contributed by atoms with van der Waals surface area (Å²) >= 11 is 1.41. The first-order valence-corrected chi connectivity index (χ1v) is 10.7. The highest BCUT2D eigenvalue weighted by Gasteiger charge is 2.20. The second-order valence-electron chi connectivity index (χ2n) is 5.60. The van der Waals surface area contributed by atoms with E-state index in [4.69, 9.17) is 0 Å². The summed E-state index contributed by atoms with van der Waals surface area (Å²) in [5.41, 5.74) is 0. The fraction of sp³-hybridized carbons (Fsp3) is 0. The van der Waals surface area contributed by atoms with Crippen LogP contribution in [0.5, 0.6) is 0 Å². The standard InChI is InChI=1S/C10H7FN2O2S.C10H7FN2S/c11-8-6-12-10(13-7-8)16(14,15)9-4-2-1-3-5-9;11-8-6-12-10(13-7-8)14-9-4-2-1-3-5-9/h1-7H;1-7H. The van der Waals surface area contributed by atoms with E-state index in [-0.39, 0.29) is 4.90 Å². The van der Waals surface area contributed by atoms with Crippen LogP contribution in [0, 0.1) is 11.6 Å². The lowest BCUT2D eigenvalue weighted by Crippen LogP contribution is -2.06. The molecule has 30 heavy (non-hydrogen) atoms. The predicted octanol–water partition coefficient (Wildman–Crippen LogP) is 4.22. The van der Waals surface area contributed by atoms with Gasteiger partial charge in [0.1, 0.15) is 0 Å². The molecule has 0 bridgehead atoms. The third-order valence-electron chi connectivity index (χ3n) is 3.44. The summed E-state index contributed by atoms with van der Waals surface area (Å²) in [7, 11) is -3.74. The first kappa shape index (κ1) is 21.5. The Morgan fingerprint density at radius 1 is 0.667 bits per heavy atom. The maximum atomic E-state index is 12.6. The van der Waals surface area contributed by atoms with Crippen LogP contribution >= 0.6 is 11.8 Å². The van der Waals surface area contributed by atoms with Gasteiger partial charge in [0.25, 0.3) is 5.16 Å². The van der Waals surface area contributed by atoms with Gasteiger partial charge in [0.2, 0.25) is 9.84 Å². The molecular weight excluding hydrogens is 430 g/mol. The highest BCUT2D eigenvalue weighted by atomic mass is 32.2. The highest BCUT2D eigenvalue weighted by molar-refractivity contribution is 7.99. The molecule has 0 aliphatic heterocycles. The van der Waals surface area contributed by atoms with Crippen molar-refractivity contribution in [1.29, 1.82) is 0 Å². The third-order valence-corrected chi connectivity index (χ3v) is 5.93. The summed E-state index contributed by atoms with van der Waals surface area (Å²) in [4.78, 5) is 15.7. The summed E-state index contributed by atoms with van der Waals surface area (Å²) in [5.74, 6) is -1.09. The Labute approximate surface area is 176 Å². The molecule has 2 aromatic heterocycles. The van der Waals surface area contributed by atoms with Crippen molar-refractivity contribution in [3.05, 3.63) is 97.1 Å². The van der Waals surface area contributed by atoms with Crippen LogP contribution in [0.25, 0.3) is 0 Å². The van der Waals surface area contributed by atoms with Gasteiger partial charge in [0.05, 0.1) is 29.7 Å². The third kappa shape index (κ3) is 5.88. The van der Waals surface area contributed by atoms with Crippen molar-refractivity contribution in [3.63, 3.8) is 0 Å². The van der Waals surface area contributed by atoms with Crippen molar-refractivity contribution in [2.75, 3.05) is 0 Å². The molecule has 2 heterocycles. The van der Waals surface area contributed by atoms with E-state index in [9.17, 15) is 17.2 Å². The Bertz CT molecular complexity index is 1180. The molecule has 0 saturated heterocycles. The smallest absolute Gasteiger partial charge is 0.228 e. The maximum absolute atomic E-state index is 12.6. The Balaban J connectivity index is 0.000000172. The molecule has 6 nitrogen and oxygen atoms in total. The lowest BCUT2D eigenvalue weighted by molar-refractivity contribution is 0.576. The van der Waals surface area contributed by atoms with Gasteiger partial charge in [0, 0.05) is 4.90 Å². The van der Waals surface area contributed by atoms with Crippen molar-refractivity contribution < 1.29 is 17.2 Å². The predicted molar refractivity (Wildman–Crippen MR) is 106 cm³/mol. The van der Waals surface area contributed by atoms with Crippen LogP contribution in [-0.4, -0.2) is 28.4 Å². The van der Waals surface area contributed by atoms with E-state index < -0.39 is 26.6 Å². The number of aromatic nitrogens is 4. The van der Waals surface area contributed by atoms with Gasteiger partial charge >= 0.3 is 0 Å². The number of hydrogen-bond donors (Lipinski definition) is 0. The minimum atomic E-state index is -3.74. The molecule has 0 spiro atoms. The second-order valence-corrected chi connectivity index (χ2v) is 8.48. The highest BCUT2D eigenvalue weighted by Crippen LogP contribution is 2.23. The van der Waals surface area contributed by atoms with Crippen molar-refractivity contribution in [2.45, 2.75) is 20.1 Å². The fourth-order valence-corrected chi connectivity index (χ4v) is 3.92. The summed E-state index contributed by atoms with van der Waals surface area (Å²) < 4.78 is 48.8. The molecule has 0 aliphatic carbocycles. The average Bonchev–Trinajstić information content (AvgIpc) is 2.77. The van der Waals surface area contributed by atoms with Crippen LogP contribution in [0.15, 0.2) is 106 Å². The molecule has 0 saturated carbocycles. The molecule has 4 rings (SSSR count). The monoisotopic (exact) mass is 444 g/mol. The van der Waals surface area contributed by atoms with Crippen LogP contribution in [0.1, 0.15) is 0 Å². The molecule has 0 N–H and O–H groups in total. The van der Waals surface area contributed by atoms with Gasteiger partial charge < -0.3 is 0 Å². The minimum Gasteiger partial charge on any atom is -0.228 e. The Morgan fingerprint density at radius 2 is 1.13 bits per heavy atom. The zero-order chi connectivity index (χ0) is 21.4. The molecule has 4 aromatic rings. The number of rotatable bonds is 4. The van der Waals surface area contributed by atoms with Crippen LogP contribution in [-0.2, 0) is 9.84 Å². The molecule has 0 amide bonds. The van der Waals surface area contributed by atoms with Crippen molar-refractivity contribution >= 4 is 21.6 Å². The molecule has 0 unspecified atom stereocenters. The van der Waals surface area contributed by atoms with Gasteiger partial charge in [0.15, 0.2) is 16.8 Å².